The van der Waals surface area contributed by atoms with Crippen molar-refractivity contribution in [2.75, 3.05) is 31.1 Å². The van der Waals surface area contributed by atoms with Crippen LogP contribution in [0.3, 0.4) is 0 Å². The molecule has 1 N–H and O–H groups in total. The number of nitrogens with zero attached hydrogens (tertiary/aromatic N) is 3. The van der Waals surface area contributed by atoms with Crippen LogP contribution in [0.2, 0.25) is 0 Å². The summed E-state index contributed by atoms with van der Waals surface area (Å²) < 4.78 is 13.2. The zero-order valence-corrected chi connectivity index (χ0v) is 17.7. The Balaban J connectivity index is 1.45. The highest BCUT2D eigenvalue weighted by Gasteiger charge is 2.31. The summed E-state index contributed by atoms with van der Waals surface area (Å²) >= 11 is 1.72. The number of hydrogen-bond acceptors (Lipinski definition) is 5. The van der Waals surface area contributed by atoms with Gasteiger partial charge in [-0.3, -0.25) is 14.7 Å². The highest BCUT2D eigenvalue weighted by Crippen LogP contribution is 2.30. The SMILES string of the molecule is C[C@@H](NC(=O)c1ccncc1)[C@H](c1cccs1)N1CCN(c2ccc(F)cc2)CC1. The Hall–Kier alpha value is -2.77. The minimum Gasteiger partial charge on any atom is -0.369 e. The first kappa shape index (κ1) is 20.5. The fourth-order valence-electron chi connectivity index (χ4n) is 3.98. The van der Waals surface area contributed by atoms with E-state index in [1.165, 1.54) is 17.0 Å². The van der Waals surface area contributed by atoms with Gasteiger partial charge in [0.05, 0.1) is 6.04 Å². The number of piperazine rings is 1. The molecule has 1 fully saturated rings. The first-order valence-electron chi connectivity index (χ1n) is 10.1. The first-order valence-corrected chi connectivity index (χ1v) is 11.0. The van der Waals surface area contributed by atoms with E-state index in [4.69, 9.17) is 0 Å². The molecule has 0 spiro atoms. The van der Waals surface area contributed by atoms with Crippen molar-refractivity contribution in [3.63, 3.8) is 0 Å². The van der Waals surface area contributed by atoms with E-state index in [-0.39, 0.29) is 23.8 Å². The van der Waals surface area contributed by atoms with Gasteiger partial charge in [0.2, 0.25) is 0 Å². The number of carbonyl (C=O) groups excluding carboxylic acids is 1. The van der Waals surface area contributed by atoms with Crippen molar-refractivity contribution in [3.05, 3.63) is 82.6 Å². The molecule has 0 unspecified atom stereocenters. The summed E-state index contributed by atoms with van der Waals surface area (Å²) in [4.78, 5) is 22.6. The fourth-order valence-corrected chi connectivity index (χ4v) is 4.95. The zero-order valence-electron chi connectivity index (χ0n) is 16.9. The number of aromatic nitrogens is 1. The minimum atomic E-state index is -0.214. The standard InChI is InChI=1S/C23H25FN4OS/c1-17(26-23(29)18-8-10-25-11-9-18)22(21-3-2-16-30-21)28-14-12-27(13-15-28)20-6-4-19(24)5-7-20/h2-11,16-17,22H,12-15H2,1H3,(H,26,29)/t17-,22-/m1/s1. The molecule has 3 heterocycles. The van der Waals surface area contributed by atoms with Crippen LogP contribution in [0.1, 0.15) is 28.2 Å². The maximum Gasteiger partial charge on any atom is 0.251 e. The number of pyridine rings is 1. The number of hydrogen-bond donors (Lipinski definition) is 1. The minimum absolute atomic E-state index is 0.0540. The molecular formula is C23H25FN4OS. The lowest BCUT2D eigenvalue weighted by molar-refractivity contribution is 0.0890. The predicted molar refractivity (Wildman–Crippen MR) is 118 cm³/mol. The quantitative estimate of drug-likeness (QED) is 0.651. The van der Waals surface area contributed by atoms with Crippen LogP contribution >= 0.6 is 11.3 Å². The van der Waals surface area contributed by atoms with E-state index in [1.54, 1.807) is 35.9 Å². The van der Waals surface area contributed by atoms with Crippen LogP contribution in [-0.4, -0.2) is 48.0 Å². The average Bonchev–Trinajstić information content (AvgIpc) is 3.30. The highest BCUT2D eigenvalue weighted by atomic mass is 32.1. The summed E-state index contributed by atoms with van der Waals surface area (Å²) in [6.07, 6.45) is 3.26. The van der Waals surface area contributed by atoms with Crippen molar-refractivity contribution in [3.8, 4) is 0 Å². The molecule has 30 heavy (non-hydrogen) atoms. The van der Waals surface area contributed by atoms with Crippen molar-refractivity contribution >= 4 is 22.9 Å². The van der Waals surface area contributed by atoms with Crippen molar-refractivity contribution in [2.24, 2.45) is 0 Å². The third kappa shape index (κ3) is 4.68. The normalized spacial score (nSPS) is 16.8. The maximum atomic E-state index is 13.2. The van der Waals surface area contributed by atoms with E-state index in [2.05, 4.69) is 44.5 Å². The molecule has 0 bridgehead atoms. The maximum absolute atomic E-state index is 13.2. The van der Waals surface area contributed by atoms with Gasteiger partial charge in [0.1, 0.15) is 5.82 Å². The van der Waals surface area contributed by atoms with Crippen molar-refractivity contribution < 1.29 is 9.18 Å². The largest absolute Gasteiger partial charge is 0.369 e. The molecule has 3 aromatic rings. The molecule has 1 amide bonds. The number of thiophene rings is 1. The fraction of sp³-hybridized carbons (Fsp3) is 0.304. The number of nitrogens with one attached hydrogen (secondary N) is 1. The molecule has 1 aliphatic rings. The summed E-state index contributed by atoms with van der Waals surface area (Å²) in [7, 11) is 0. The second-order valence-electron chi connectivity index (χ2n) is 7.46. The van der Waals surface area contributed by atoms with Crippen molar-refractivity contribution in [1.82, 2.24) is 15.2 Å². The summed E-state index contributed by atoms with van der Waals surface area (Å²) in [6.45, 7) is 5.53. The van der Waals surface area contributed by atoms with Gasteiger partial charge in [-0.05, 0) is 54.8 Å². The molecule has 0 saturated carbocycles. The van der Waals surface area contributed by atoms with Gasteiger partial charge in [0.15, 0.2) is 0 Å². The zero-order chi connectivity index (χ0) is 20.9. The Morgan fingerprint density at radius 3 is 2.40 bits per heavy atom. The second-order valence-corrected chi connectivity index (χ2v) is 8.44. The Morgan fingerprint density at radius 2 is 1.77 bits per heavy atom. The smallest absolute Gasteiger partial charge is 0.251 e. The van der Waals surface area contributed by atoms with Gasteiger partial charge in [-0.25, -0.2) is 4.39 Å². The Morgan fingerprint density at radius 1 is 1.07 bits per heavy atom. The van der Waals surface area contributed by atoms with Crippen molar-refractivity contribution in [2.45, 2.75) is 19.0 Å². The molecule has 1 aromatic carbocycles. The number of carbonyl (C=O) groups is 1. The lowest BCUT2D eigenvalue weighted by Crippen LogP contribution is -2.52. The highest BCUT2D eigenvalue weighted by molar-refractivity contribution is 7.10. The third-order valence-corrected chi connectivity index (χ3v) is 6.45. The second kappa shape index (κ2) is 9.36. The molecule has 0 radical (unpaired) electrons. The van der Waals surface area contributed by atoms with E-state index < -0.39 is 0 Å². The Labute approximate surface area is 180 Å². The van der Waals surface area contributed by atoms with Crippen LogP contribution in [0, 0.1) is 5.82 Å². The van der Waals surface area contributed by atoms with Crippen LogP contribution in [0.4, 0.5) is 10.1 Å². The van der Waals surface area contributed by atoms with Crippen molar-refractivity contribution in [1.29, 1.82) is 0 Å². The van der Waals surface area contributed by atoms with Gasteiger partial charge in [-0.15, -0.1) is 11.3 Å². The van der Waals surface area contributed by atoms with Gasteiger partial charge < -0.3 is 10.2 Å². The van der Waals surface area contributed by atoms with Crippen LogP contribution in [0.5, 0.6) is 0 Å². The Bertz CT molecular complexity index is 941. The van der Waals surface area contributed by atoms with E-state index in [0.29, 0.717) is 5.56 Å². The van der Waals surface area contributed by atoms with E-state index in [1.807, 2.05) is 12.1 Å². The number of rotatable bonds is 6. The molecule has 2 atom stereocenters. The topological polar surface area (TPSA) is 48.5 Å². The van der Waals surface area contributed by atoms with E-state index in [0.717, 1.165) is 31.9 Å². The van der Waals surface area contributed by atoms with Gasteiger partial charge in [-0.2, -0.15) is 0 Å². The Kier molecular flexibility index (Phi) is 6.40. The molecule has 5 nitrogen and oxygen atoms in total. The summed E-state index contributed by atoms with van der Waals surface area (Å²) in [6, 6.07) is 14.4. The lowest BCUT2D eigenvalue weighted by atomic mass is 10.0. The van der Waals surface area contributed by atoms with E-state index in [9.17, 15) is 9.18 Å². The van der Waals surface area contributed by atoms with Gasteiger partial charge in [0, 0.05) is 60.7 Å². The molecule has 0 aliphatic carbocycles. The number of benzene rings is 1. The van der Waals surface area contributed by atoms with Crippen LogP contribution in [0.15, 0.2) is 66.3 Å². The molecule has 156 valence electrons. The molecule has 4 rings (SSSR count). The average molecular weight is 425 g/mol. The lowest BCUT2D eigenvalue weighted by Gasteiger charge is -2.42. The number of amides is 1. The number of anilines is 1. The first-order chi connectivity index (χ1) is 14.6. The monoisotopic (exact) mass is 424 g/mol. The van der Waals surface area contributed by atoms with Gasteiger partial charge in [0.25, 0.3) is 5.91 Å². The van der Waals surface area contributed by atoms with E-state index >= 15 is 0 Å². The van der Waals surface area contributed by atoms with Crippen LogP contribution in [-0.2, 0) is 0 Å². The molecular weight excluding hydrogens is 399 g/mol. The summed E-state index contributed by atoms with van der Waals surface area (Å²) in [5.41, 5.74) is 1.66. The summed E-state index contributed by atoms with van der Waals surface area (Å²) in [5, 5.41) is 5.25. The van der Waals surface area contributed by atoms with Gasteiger partial charge in [-0.1, -0.05) is 6.07 Å². The van der Waals surface area contributed by atoms with Crippen LogP contribution < -0.4 is 10.2 Å². The molecule has 7 heteroatoms. The molecule has 2 aromatic heterocycles. The van der Waals surface area contributed by atoms with Gasteiger partial charge >= 0.3 is 0 Å². The predicted octanol–water partition coefficient (Wildman–Crippen LogP) is 3.96. The summed E-state index contributed by atoms with van der Waals surface area (Å²) in [5.74, 6) is -0.301. The third-order valence-electron chi connectivity index (χ3n) is 5.51. The molecule has 1 saturated heterocycles. The number of halogens is 1. The molecule has 1 aliphatic heterocycles. The van der Waals surface area contributed by atoms with Crippen LogP contribution in [0.25, 0.3) is 0 Å².